The predicted octanol–water partition coefficient (Wildman–Crippen LogP) is 3.15. The van der Waals surface area contributed by atoms with E-state index < -0.39 is 16.6 Å². The number of amides is 1. The molecule has 1 N–H and O–H groups in total. The molecule has 4 rings (SSSR count). The molecule has 1 aromatic heterocycles. The van der Waals surface area contributed by atoms with Crippen LogP contribution in [0.5, 0.6) is 0 Å². The van der Waals surface area contributed by atoms with Gasteiger partial charge in [0, 0.05) is 5.92 Å². The SMILES string of the molecule is CC1(C)C2CCC1(C(=O)Nc1ccccc1F)c1nc(C#N)c(C#N)nc12. The fraction of sp³-hybridized carbons (Fsp3) is 0.350. The highest BCUT2D eigenvalue weighted by atomic mass is 19.1. The second-order valence-electron chi connectivity index (χ2n) is 7.53. The number of halogens is 1. The number of nitriles is 2. The van der Waals surface area contributed by atoms with Crippen molar-refractivity contribution >= 4 is 11.6 Å². The summed E-state index contributed by atoms with van der Waals surface area (Å²) in [6.07, 6.45) is 1.25. The molecule has 0 saturated heterocycles. The Balaban J connectivity index is 1.88. The Kier molecular flexibility index (Phi) is 3.54. The number of benzene rings is 1. The molecule has 2 unspecified atom stereocenters. The number of aromatic nitrogens is 2. The van der Waals surface area contributed by atoms with Crippen molar-refractivity contribution in [3.8, 4) is 12.1 Å². The topological polar surface area (TPSA) is 102 Å². The van der Waals surface area contributed by atoms with Crippen molar-refractivity contribution in [2.24, 2.45) is 5.41 Å². The van der Waals surface area contributed by atoms with Gasteiger partial charge in [-0.2, -0.15) is 10.5 Å². The molecule has 2 atom stereocenters. The molecule has 0 aliphatic heterocycles. The highest BCUT2D eigenvalue weighted by molar-refractivity contribution is 6.01. The monoisotopic (exact) mass is 361 g/mol. The summed E-state index contributed by atoms with van der Waals surface area (Å²) in [5.74, 6) is -0.926. The molecule has 27 heavy (non-hydrogen) atoms. The summed E-state index contributed by atoms with van der Waals surface area (Å²) < 4.78 is 14.1. The van der Waals surface area contributed by atoms with Crippen molar-refractivity contribution in [1.82, 2.24) is 9.97 Å². The molecule has 7 heteroatoms. The van der Waals surface area contributed by atoms with Gasteiger partial charge in [0.1, 0.15) is 18.0 Å². The molecule has 1 saturated carbocycles. The van der Waals surface area contributed by atoms with Gasteiger partial charge in [0.05, 0.1) is 22.5 Å². The van der Waals surface area contributed by atoms with Crippen LogP contribution in [0.15, 0.2) is 24.3 Å². The van der Waals surface area contributed by atoms with Gasteiger partial charge < -0.3 is 5.32 Å². The second kappa shape index (κ2) is 5.59. The summed E-state index contributed by atoms with van der Waals surface area (Å²) in [5.41, 5.74) is -0.514. The first kappa shape index (κ1) is 17.1. The van der Waals surface area contributed by atoms with Crippen molar-refractivity contribution in [3.63, 3.8) is 0 Å². The molecule has 0 spiro atoms. The molecule has 1 heterocycles. The number of fused-ring (bicyclic) bond motifs is 5. The van der Waals surface area contributed by atoms with E-state index in [1.54, 1.807) is 12.1 Å². The Bertz CT molecular complexity index is 1070. The van der Waals surface area contributed by atoms with E-state index in [-0.39, 0.29) is 28.9 Å². The van der Waals surface area contributed by atoms with E-state index in [2.05, 4.69) is 15.3 Å². The van der Waals surface area contributed by atoms with Gasteiger partial charge in [0.15, 0.2) is 11.4 Å². The molecule has 134 valence electrons. The molecule has 1 fully saturated rings. The summed E-state index contributed by atoms with van der Waals surface area (Å²) in [4.78, 5) is 22.1. The maximum absolute atomic E-state index is 14.1. The van der Waals surface area contributed by atoms with Crippen LogP contribution in [0, 0.1) is 33.9 Å². The van der Waals surface area contributed by atoms with Gasteiger partial charge in [-0.25, -0.2) is 14.4 Å². The smallest absolute Gasteiger partial charge is 0.237 e. The van der Waals surface area contributed by atoms with Gasteiger partial charge in [-0.3, -0.25) is 4.79 Å². The van der Waals surface area contributed by atoms with Crippen molar-refractivity contribution in [1.29, 1.82) is 10.5 Å². The lowest BCUT2D eigenvalue weighted by atomic mass is 9.67. The normalized spacial score (nSPS) is 24.0. The number of anilines is 1. The van der Waals surface area contributed by atoms with Gasteiger partial charge in [-0.15, -0.1) is 0 Å². The maximum atomic E-state index is 14.1. The van der Waals surface area contributed by atoms with Gasteiger partial charge in [0.25, 0.3) is 0 Å². The zero-order valence-corrected chi connectivity index (χ0v) is 14.9. The molecule has 1 amide bonds. The summed E-state index contributed by atoms with van der Waals surface area (Å²) in [6.45, 7) is 3.93. The number of rotatable bonds is 2. The van der Waals surface area contributed by atoms with E-state index in [1.807, 2.05) is 26.0 Å². The first-order valence-corrected chi connectivity index (χ1v) is 8.65. The van der Waals surface area contributed by atoms with Gasteiger partial charge in [-0.1, -0.05) is 26.0 Å². The number of carbonyl (C=O) groups excluding carboxylic acids is 1. The number of hydrogen-bond acceptors (Lipinski definition) is 5. The number of nitrogens with one attached hydrogen (secondary N) is 1. The predicted molar refractivity (Wildman–Crippen MR) is 93.9 cm³/mol. The van der Waals surface area contributed by atoms with Crippen LogP contribution in [-0.4, -0.2) is 15.9 Å². The lowest BCUT2D eigenvalue weighted by molar-refractivity contribution is -0.124. The zero-order chi connectivity index (χ0) is 19.4. The number of para-hydroxylation sites is 1. The molecule has 0 radical (unpaired) electrons. The van der Waals surface area contributed by atoms with Crippen LogP contribution >= 0.6 is 0 Å². The summed E-state index contributed by atoms with van der Waals surface area (Å²) in [7, 11) is 0. The standard InChI is InChI=1S/C20H16FN5O/c1-19(2)11-7-8-20(19,18(27)26-13-6-4-3-5-12(13)21)17-16(11)24-14(9-22)15(10-23)25-17/h3-6,11H,7-8H2,1-2H3,(H,26,27). The minimum absolute atomic E-state index is 0.0238. The molecule has 2 aliphatic carbocycles. The number of carbonyl (C=O) groups is 1. The maximum Gasteiger partial charge on any atom is 0.237 e. The van der Waals surface area contributed by atoms with Gasteiger partial charge >= 0.3 is 0 Å². The Labute approximate surface area is 155 Å². The molecule has 2 aromatic rings. The average Bonchev–Trinajstić information content (AvgIpc) is 3.04. The molecule has 6 nitrogen and oxygen atoms in total. The van der Waals surface area contributed by atoms with Crippen LogP contribution in [-0.2, 0) is 10.2 Å². The van der Waals surface area contributed by atoms with E-state index in [0.29, 0.717) is 17.8 Å². The van der Waals surface area contributed by atoms with Crippen LogP contribution in [0.2, 0.25) is 0 Å². The van der Waals surface area contributed by atoms with E-state index in [9.17, 15) is 19.7 Å². The fourth-order valence-electron chi connectivity index (χ4n) is 4.71. The van der Waals surface area contributed by atoms with Crippen LogP contribution in [0.1, 0.15) is 55.4 Å². The minimum atomic E-state index is -1.03. The molecule has 1 aromatic carbocycles. The Morgan fingerprint density at radius 1 is 1.22 bits per heavy atom. The highest BCUT2D eigenvalue weighted by Gasteiger charge is 2.68. The first-order chi connectivity index (χ1) is 12.9. The largest absolute Gasteiger partial charge is 0.323 e. The molecular formula is C20H16FN5O. The number of hydrogen-bond donors (Lipinski definition) is 1. The van der Waals surface area contributed by atoms with Crippen LogP contribution in [0.25, 0.3) is 0 Å². The number of nitrogens with zero attached hydrogens (tertiary/aromatic N) is 4. The van der Waals surface area contributed by atoms with Crippen molar-refractivity contribution in [2.45, 2.75) is 38.0 Å². The average molecular weight is 361 g/mol. The van der Waals surface area contributed by atoms with Gasteiger partial charge in [-0.05, 0) is 30.4 Å². The summed E-state index contributed by atoms with van der Waals surface area (Å²) in [5, 5.41) is 21.3. The lowest BCUT2D eigenvalue weighted by Gasteiger charge is -2.36. The van der Waals surface area contributed by atoms with Gasteiger partial charge in [0.2, 0.25) is 5.91 Å². The summed E-state index contributed by atoms with van der Waals surface area (Å²) in [6, 6.07) is 9.78. The quantitative estimate of drug-likeness (QED) is 0.885. The van der Waals surface area contributed by atoms with Crippen LogP contribution < -0.4 is 5.32 Å². The third kappa shape index (κ3) is 2.06. The Morgan fingerprint density at radius 3 is 2.56 bits per heavy atom. The Hall–Kier alpha value is -3.32. The van der Waals surface area contributed by atoms with Crippen molar-refractivity contribution in [2.75, 3.05) is 5.32 Å². The highest BCUT2D eigenvalue weighted by Crippen LogP contribution is 2.67. The van der Waals surface area contributed by atoms with Crippen molar-refractivity contribution < 1.29 is 9.18 Å². The molecule has 2 bridgehead atoms. The first-order valence-electron chi connectivity index (χ1n) is 8.65. The van der Waals surface area contributed by atoms with Crippen molar-refractivity contribution in [3.05, 3.63) is 52.9 Å². The molecule has 2 aliphatic rings. The summed E-state index contributed by atoms with van der Waals surface area (Å²) >= 11 is 0. The van der Waals surface area contributed by atoms with E-state index in [0.717, 1.165) is 6.42 Å². The lowest BCUT2D eigenvalue weighted by Crippen LogP contribution is -2.47. The van der Waals surface area contributed by atoms with E-state index in [4.69, 9.17) is 0 Å². The second-order valence-corrected chi connectivity index (χ2v) is 7.53. The van der Waals surface area contributed by atoms with Crippen LogP contribution in [0.3, 0.4) is 0 Å². The third-order valence-electron chi connectivity index (χ3n) is 6.16. The molecular weight excluding hydrogens is 345 g/mol. The van der Waals surface area contributed by atoms with E-state index >= 15 is 0 Å². The minimum Gasteiger partial charge on any atom is -0.323 e. The Morgan fingerprint density at radius 2 is 1.89 bits per heavy atom. The zero-order valence-electron chi connectivity index (χ0n) is 14.9. The third-order valence-corrected chi connectivity index (χ3v) is 6.16. The fourth-order valence-corrected chi connectivity index (χ4v) is 4.71. The van der Waals surface area contributed by atoms with E-state index in [1.165, 1.54) is 12.1 Å². The van der Waals surface area contributed by atoms with Crippen LogP contribution in [0.4, 0.5) is 10.1 Å².